The summed E-state index contributed by atoms with van der Waals surface area (Å²) < 4.78 is 45.2. The monoisotopic (exact) mass is 389 g/mol. The van der Waals surface area contributed by atoms with E-state index in [1.807, 2.05) is 0 Å². The third-order valence-corrected chi connectivity index (χ3v) is 4.10. The molecule has 0 bridgehead atoms. The lowest BCUT2D eigenvalue weighted by molar-refractivity contribution is -0.181. The van der Waals surface area contributed by atoms with Crippen LogP contribution in [0.1, 0.15) is 32.9 Å². The summed E-state index contributed by atoms with van der Waals surface area (Å²) in [7, 11) is 0. The van der Waals surface area contributed by atoms with Crippen LogP contribution in [0.4, 0.5) is 14.6 Å². The minimum atomic E-state index is -2.11. The topological polar surface area (TPSA) is 123 Å². The van der Waals surface area contributed by atoms with E-state index in [1.54, 1.807) is 0 Å². The number of hydrogen-bond donors (Lipinski definition) is 1. The number of carbonyl (C=O) groups excluding carboxylic acids is 2. The van der Waals surface area contributed by atoms with Gasteiger partial charge in [-0.05, 0) is 6.07 Å². The fourth-order valence-corrected chi connectivity index (χ4v) is 2.61. The van der Waals surface area contributed by atoms with Crippen molar-refractivity contribution in [3.63, 3.8) is 0 Å². The molecule has 0 amide bonds. The van der Waals surface area contributed by atoms with Crippen LogP contribution in [0.3, 0.4) is 0 Å². The van der Waals surface area contributed by atoms with Crippen LogP contribution in [0.15, 0.2) is 17.1 Å². The number of esters is 2. The minimum Gasteiger partial charge on any atom is -0.462 e. The molecule has 4 atom stereocenters. The van der Waals surface area contributed by atoms with Gasteiger partial charge in [-0.3, -0.25) is 14.2 Å². The molecule has 0 unspecified atom stereocenters. The van der Waals surface area contributed by atoms with E-state index < -0.39 is 55.0 Å². The molecule has 2 rings (SSSR count). The van der Waals surface area contributed by atoms with E-state index in [9.17, 15) is 18.8 Å². The van der Waals surface area contributed by atoms with E-state index in [0.717, 1.165) is 10.8 Å². The van der Waals surface area contributed by atoms with Crippen molar-refractivity contribution in [2.24, 2.45) is 0 Å². The molecule has 2 heterocycles. The van der Waals surface area contributed by atoms with Crippen LogP contribution in [0.5, 0.6) is 0 Å². The summed E-state index contributed by atoms with van der Waals surface area (Å²) in [4.78, 5) is 38.6. The SMILES string of the molecule is CCC(=O)OC[C@@]1(CF)O[C@@H](n2ccc(N)nc2=O)[C@H](F)[C@@H]1OC(=O)CC. The first-order chi connectivity index (χ1) is 12.8. The molecule has 1 aromatic rings. The fourth-order valence-electron chi connectivity index (χ4n) is 2.61. The van der Waals surface area contributed by atoms with Crippen LogP contribution in [-0.4, -0.2) is 52.6 Å². The van der Waals surface area contributed by atoms with Gasteiger partial charge in [-0.15, -0.1) is 0 Å². The Morgan fingerprint density at radius 3 is 2.59 bits per heavy atom. The summed E-state index contributed by atoms with van der Waals surface area (Å²) in [6, 6.07) is 1.23. The average molecular weight is 389 g/mol. The summed E-state index contributed by atoms with van der Waals surface area (Å²) >= 11 is 0. The van der Waals surface area contributed by atoms with Gasteiger partial charge in [0.2, 0.25) is 0 Å². The molecule has 1 aliphatic heterocycles. The van der Waals surface area contributed by atoms with Crippen molar-refractivity contribution in [2.45, 2.75) is 50.8 Å². The Hall–Kier alpha value is -2.56. The Bertz CT molecular complexity index is 758. The molecule has 11 heteroatoms. The highest BCUT2D eigenvalue weighted by Crippen LogP contribution is 2.41. The smallest absolute Gasteiger partial charge is 0.351 e. The first kappa shape index (κ1) is 20.7. The maximum absolute atomic E-state index is 15.1. The van der Waals surface area contributed by atoms with Gasteiger partial charge in [0.15, 0.2) is 24.1 Å². The predicted octanol–water partition coefficient (Wildman–Crippen LogP) is 0.676. The average Bonchev–Trinajstić information content (AvgIpc) is 2.92. The number of nitrogens with two attached hydrogens (primary N) is 1. The second-order valence-corrected chi connectivity index (χ2v) is 5.97. The number of aromatic nitrogens is 2. The third kappa shape index (κ3) is 4.24. The highest BCUT2D eigenvalue weighted by molar-refractivity contribution is 5.69. The lowest BCUT2D eigenvalue weighted by atomic mass is 9.97. The van der Waals surface area contributed by atoms with Crippen molar-refractivity contribution in [1.29, 1.82) is 0 Å². The van der Waals surface area contributed by atoms with Crippen LogP contribution >= 0.6 is 0 Å². The lowest BCUT2D eigenvalue weighted by Crippen LogP contribution is -2.50. The van der Waals surface area contributed by atoms with E-state index in [2.05, 4.69) is 4.98 Å². The maximum Gasteiger partial charge on any atom is 0.351 e. The van der Waals surface area contributed by atoms with Gasteiger partial charge in [-0.1, -0.05) is 13.8 Å². The van der Waals surface area contributed by atoms with Gasteiger partial charge in [0, 0.05) is 19.0 Å². The van der Waals surface area contributed by atoms with Crippen LogP contribution in [0.2, 0.25) is 0 Å². The third-order valence-electron chi connectivity index (χ3n) is 4.10. The summed E-state index contributed by atoms with van der Waals surface area (Å²) in [5, 5.41) is 0. The largest absolute Gasteiger partial charge is 0.462 e. The van der Waals surface area contributed by atoms with Crippen LogP contribution in [0.25, 0.3) is 0 Å². The highest BCUT2D eigenvalue weighted by atomic mass is 19.1. The summed E-state index contributed by atoms with van der Waals surface area (Å²) in [5.41, 5.74) is 2.38. The van der Waals surface area contributed by atoms with Crippen LogP contribution < -0.4 is 11.4 Å². The van der Waals surface area contributed by atoms with Crippen molar-refractivity contribution in [3.05, 3.63) is 22.7 Å². The Labute approximate surface area is 153 Å². The van der Waals surface area contributed by atoms with E-state index in [4.69, 9.17) is 19.9 Å². The summed E-state index contributed by atoms with van der Waals surface area (Å²) in [5.74, 6) is -1.56. The number of rotatable bonds is 7. The lowest BCUT2D eigenvalue weighted by Gasteiger charge is -2.30. The van der Waals surface area contributed by atoms with Crippen molar-refractivity contribution < 1.29 is 32.6 Å². The minimum absolute atomic E-state index is 0.00556. The van der Waals surface area contributed by atoms with Gasteiger partial charge in [-0.25, -0.2) is 13.6 Å². The molecule has 0 radical (unpaired) electrons. The van der Waals surface area contributed by atoms with Gasteiger partial charge in [0.1, 0.15) is 19.1 Å². The van der Waals surface area contributed by atoms with Crippen molar-refractivity contribution in [1.82, 2.24) is 9.55 Å². The molecule has 150 valence electrons. The molecule has 27 heavy (non-hydrogen) atoms. The Kier molecular flexibility index (Phi) is 6.47. The molecular weight excluding hydrogens is 368 g/mol. The standard InChI is InChI=1S/C16H21F2N3O6/c1-3-10(22)25-8-16(7-17)13(26-11(23)4-2)12(18)14(27-16)21-6-5-9(19)20-15(21)24/h5-6,12-14H,3-4,7-8H2,1-2H3,(H2,19,20,24)/t12-,13+,14-,16-/m1/s1. The molecule has 2 N–H and O–H groups in total. The zero-order chi connectivity index (χ0) is 20.2. The van der Waals surface area contributed by atoms with Gasteiger partial charge < -0.3 is 19.9 Å². The molecule has 9 nitrogen and oxygen atoms in total. The molecule has 0 saturated carbocycles. The Morgan fingerprint density at radius 1 is 1.37 bits per heavy atom. The molecule has 1 fully saturated rings. The number of carbonyl (C=O) groups is 2. The summed E-state index contributed by atoms with van der Waals surface area (Å²) in [6.45, 7) is 0.992. The first-order valence-corrected chi connectivity index (χ1v) is 8.35. The normalized spacial score (nSPS) is 27.3. The number of nitrogens with zero attached hydrogens (tertiary/aromatic N) is 2. The number of hydrogen-bond acceptors (Lipinski definition) is 8. The van der Waals surface area contributed by atoms with E-state index in [-0.39, 0.29) is 18.7 Å². The number of anilines is 1. The summed E-state index contributed by atoms with van der Waals surface area (Å²) in [6.07, 6.45) is -4.43. The van der Waals surface area contributed by atoms with Crippen LogP contribution in [-0.2, 0) is 23.8 Å². The Balaban J connectivity index is 2.40. The van der Waals surface area contributed by atoms with Crippen LogP contribution in [0, 0.1) is 0 Å². The van der Waals surface area contributed by atoms with Crippen molar-refractivity contribution >= 4 is 17.8 Å². The molecular formula is C16H21F2N3O6. The number of alkyl halides is 2. The highest BCUT2D eigenvalue weighted by Gasteiger charge is 2.60. The quantitative estimate of drug-likeness (QED) is 0.675. The van der Waals surface area contributed by atoms with E-state index in [1.165, 1.54) is 19.9 Å². The second kappa shape index (κ2) is 8.42. The second-order valence-electron chi connectivity index (χ2n) is 5.97. The maximum atomic E-state index is 15.1. The van der Waals surface area contributed by atoms with Gasteiger partial charge >= 0.3 is 17.6 Å². The molecule has 1 aliphatic rings. The molecule has 1 saturated heterocycles. The molecule has 1 aromatic heterocycles. The van der Waals surface area contributed by atoms with Gasteiger partial charge in [-0.2, -0.15) is 4.98 Å². The van der Waals surface area contributed by atoms with Crippen molar-refractivity contribution in [3.8, 4) is 0 Å². The zero-order valence-corrected chi connectivity index (χ0v) is 14.9. The predicted molar refractivity (Wildman–Crippen MR) is 88.1 cm³/mol. The number of ether oxygens (including phenoxy) is 3. The molecule has 0 spiro atoms. The number of nitrogen functional groups attached to an aromatic ring is 1. The zero-order valence-electron chi connectivity index (χ0n) is 14.9. The van der Waals surface area contributed by atoms with Gasteiger partial charge in [0.05, 0.1) is 0 Å². The van der Waals surface area contributed by atoms with E-state index >= 15 is 4.39 Å². The molecule has 0 aromatic carbocycles. The fraction of sp³-hybridized carbons (Fsp3) is 0.625. The Morgan fingerprint density at radius 2 is 2.04 bits per heavy atom. The number of halogens is 2. The van der Waals surface area contributed by atoms with Gasteiger partial charge in [0.25, 0.3) is 0 Å². The molecule has 0 aliphatic carbocycles. The first-order valence-electron chi connectivity index (χ1n) is 8.35. The van der Waals surface area contributed by atoms with E-state index in [0.29, 0.717) is 0 Å². The van der Waals surface area contributed by atoms with Crippen molar-refractivity contribution in [2.75, 3.05) is 19.0 Å².